The third-order valence-corrected chi connectivity index (χ3v) is 8.15. The van der Waals surface area contributed by atoms with E-state index in [0.29, 0.717) is 21.2 Å². The lowest BCUT2D eigenvalue weighted by Gasteiger charge is -2.23. The van der Waals surface area contributed by atoms with Crippen molar-refractivity contribution in [3.05, 3.63) is 76.3 Å². The van der Waals surface area contributed by atoms with E-state index in [0.717, 1.165) is 5.69 Å². The number of nitro groups is 1. The lowest BCUT2D eigenvalue weighted by atomic mass is 10.0. The highest BCUT2D eigenvalue weighted by Crippen LogP contribution is 2.30. The molecule has 15 nitrogen and oxygen atoms in total. The maximum atomic E-state index is 13.2. The van der Waals surface area contributed by atoms with Crippen molar-refractivity contribution in [2.45, 2.75) is 30.3 Å². The number of nitrogens with two attached hydrogens (primary N) is 1. The number of hydrogen-bond donors (Lipinski definition) is 4. The van der Waals surface area contributed by atoms with Crippen LogP contribution < -0.4 is 20.7 Å². The number of rotatable bonds is 13. The third-order valence-electron chi connectivity index (χ3n) is 6.55. The molecule has 5 N–H and O–H groups in total. The van der Waals surface area contributed by atoms with Crippen molar-refractivity contribution in [3.8, 4) is 0 Å². The molecule has 0 radical (unpaired) electrons. The molecule has 3 aromatic rings. The zero-order chi connectivity index (χ0) is 32.8. The average molecular weight is 629 g/mol. The first kappa shape index (κ1) is 33.6. The zero-order valence-corrected chi connectivity index (χ0v) is 24.9. The Morgan fingerprint density at radius 3 is 2.20 bits per heavy atom. The highest BCUT2D eigenvalue weighted by atomic mass is 32.2. The van der Waals surface area contributed by atoms with E-state index in [1.807, 2.05) is 25.1 Å². The van der Waals surface area contributed by atoms with Crippen LogP contribution in [0.5, 0.6) is 0 Å². The lowest BCUT2D eigenvalue weighted by molar-refractivity contribution is -0.384. The van der Waals surface area contributed by atoms with Gasteiger partial charge in [-0.1, -0.05) is 36.4 Å². The number of nitrogens with zero attached hydrogens (tertiary/aromatic N) is 3. The smallest absolute Gasteiger partial charge is 0.323 e. The summed E-state index contributed by atoms with van der Waals surface area (Å²) in [4.78, 5) is 62.2. The van der Waals surface area contributed by atoms with Gasteiger partial charge in [0.15, 0.2) is 0 Å². The van der Waals surface area contributed by atoms with Crippen LogP contribution in [0.4, 0.5) is 11.4 Å². The van der Waals surface area contributed by atoms with Crippen molar-refractivity contribution in [3.63, 3.8) is 0 Å². The Morgan fingerprint density at radius 1 is 1.00 bits per heavy atom. The van der Waals surface area contributed by atoms with Gasteiger partial charge in [0.2, 0.25) is 27.7 Å². The Kier molecular flexibility index (Phi) is 10.7. The Balaban J connectivity index is 1.68. The largest absolute Gasteiger partial charge is 0.480 e. The highest BCUT2D eigenvalue weighted by Gasteiger charge is 2.30. The van der Waals surface area contributed by atoms with Crippen LogP contribution in [0.3, 0.4) is 0 Å². The van der Waals surface area contributed by atoms with E-state index in [9.17, 15) is 42.8 Å². The number of carboxylic acid groups (broad SMARTS) is 1. The average Bonchev–Trinajstić information content (AvgIpc) is 2.97. The molecule has 0 aliphatic heterocycles. The van der Waals surface area contributed by atoms with E-state index in [2.05, 4.69) is 10.0 Å². The minimum absolute atomic E-state index is 0.0605. The van der Waals surface area contributed by atoms with Crippen LogP contribution in [0.15, 0.2) is 65.6 Å². The molecular formula is C28H32N6O9S. The number of benzene rings is 3. The van der Waals surface area contributed by atoms with Gasteiger partial charge in [0, 0.05) is 42.7 Å². The van der Waals surface area contributed by atoms with E-state index >= 15 is 0 Å². The second-order valence-electron chi connectivity index (χ2n) is 10.0. The standard InChI is InChI=1S/C28H32N6O9S/c1-17(31-44(42,43)24-9-5-6-20-21(24)7-4-8-23(20)32(2)3)27(38)30-15-25(35)33(16-26(36)37)28(39)22(29)14-18-10-12-19(13-11-18)34(40)41/h4-13,17,22,31H,14-16,29H2,1-3H3,(H,30,38)(H,36,37)/t17-,22+/m1/s1. The molecule has 0 spiro atoms. The van der Waals surface area contributed by atoms with Crippen LogP contribution >= 0.6 is 0 Å². The van der Waals surface area contributed by atoms with Crippen LogP contribution in [0, 0.1) is 10.1 Å². The van der Waals surface area contributed by atoms with E-state index in [1.54, 1.807) is 24.3 Å². The number of imide groups is 1. The number of hydrogen-bond acceptors (Lipinski definition) is 10. The van der Waals surface area contributed by atoms with E-state index in [1.165, 1.54) is 37.3 Å². The molecule has 0 aliphatic rings. The Hall–Kier alpha value is -4.93. The lowest BCUT2D eigenvalue weighted by Crippen LogP contribution is -2.53. The predicted octanol–water partition coefficient (Wildman–Crippen LogP) is 0.607. The first-order valence-corrected chi connectivity index (χ1v) is 14.6. The number of carbonyl (C=O) groups excluding carboxylic acids is 3. The number of fused-ring (bicyclic) bond motifs is 1. The van der Waals surface area contributed by atoms with Crippen molar-refractivity contribution in [1.82, 2.24) is 14.9 Å². The molecule has 0 aromatic heterocycles. The van der Waals surface area contributed by atoms with Crippen molar-refractivity contribution < 1.29 is 37.6 Å². The molecule has 0 saturated carbocycles. The van der Waals surface area contributed by atoms with Gasteiger partial charge in [-0.2, -0.15) is 4.72 Å². The first-order valence-electron chi connectivity index (χ1n) is 13.2. The van der Waals surface area contributed by atoms with Gasteiger partial charge in [-0.05, 0) is 31.0 Å². The fourth-order valence-electron chi connectivity index (χ4n) is 4.37. The van der Waals surface area contributed by atoms with E-state index in [4.69, 9.17) is 5.73 Å². The summed E-state index contributed by atoms with van der Waals surface area (Å²) < 4.78 is 28.8. The second kappa shape index (κ2) is 14.0. The molecule has 234 valence electrons. The number of nitrogens with one attached hydrogen (secondary N) is 2. The molecule has 16 heteroatoms. The van der Waals surface area contributed by atoms with Gasteiger partial charge in [0.1, 0.15) is 6.54 Å². The number of aliphatic carboxylic acids is 1. The molecule has 2 atom stereocenters. The molecule has 3 amide bonds. The van der Waals surface area contributed by atoms with E-state index < -0.39 is 63.8 Å². The van der Waals surface area contributed by atoms with Crippen LogP contribution in [0.1, 0.15) is 12.5 Å². The van der Waals surface area contributed by atoms with Gasteiger partial charge in [0.05, 0.1) is 28.4 Å². The van der Waals surface area contributed by atoms with Gasteiger partial charge < -0.3 is 21.1 Å². The van der Waals surface area contributed by atoms with Gasteiger partial charge in [0.25, 0.3) is 5.69 Å². The number of carbonyl (C=O) groups is 4. The number of carboxylic acids is 1. The normalized spacial score (nSPS) is 12.6. The summed E-state index contributed by atoms with van der Waals surface area (Å²) in [6.07, 6.45) is -0.157. The quantitative estimate of drug-likeness (QED) is 0.152. The number of anilines is 1. The monoisotopic (exact) mass is 628 g/mol. The van der Waals surface area contributed by atoms with E-state index in [-0.39, 0.29) is 17.0 Å². The summed E-state index contributed by atoms with van der Waals surface area (Å²) in [6.45, 7) is -0.609. The molecule has 0 aliphatic carbocycles. The minimum Gasteiger partial charge on any atom is -0.480 e. The Bertz CT molecular complexity index is 1690. The second-order valence-corrected chi connectivity index (χ2v) is 11.7. The highest BCUT2D eigenvalue weighted by molar-refractivity contribution is 7.89. The molecule has 0 heterocycles. The maximum absolute atomic E-state index is 13.2. The maximum Gasteiger partial charge on any atom is 0.323 e. The Labute approximate surface area is 252 Å². The van der Waals surface area contributed by atoms with Crippen molar-refractivity contribution in [2.24, 2.45) is 5.73 Å². The summed E-state index contributed by atoms with van der Waals surface area (Å²) in [5.74, 6) is -4.57. The van der Waals surface area contributed by atoms with Gasteiger partial charge >= 0.3 is 5.97 Å². The third kappa shape index (κ3) is 8.12. The molecule has 0 unspecified atom stereocenters. The van der Waals surface area contributed by atoms with Crippen molar-refractivity contribution in [2.75, 3.05) is 32.1 Å². The van der Waals surface area contributed by atoms with Crippen LogP contribution in [0.25, 0.3) is 10.8 Å². The number of nitro benzene ring substituents is 1. The van der Waals surface area contributed by atoms with Gasteiger partial charge in [-0.25, -0.2) is 8.42 Å². The van der Waals surface area contributed by atoms with Crippen LogP contribution in [-0.2, 0) is 35.6 Å². The molecule has 44 heavy (non-hydrogen) atoms. The molecule has 0 saturated heterocycles. The summed E-state index contributed by atoms with van der Waals surface area (Å²) in [7, 11) is -0.578. The molecule has 3 aromatic carbocycles. The number of non-ortho nitro benzene ring substituents is 1. The summed E-state index contributed by atoms with van der Waals surface area (Å²) in [5.41, 5.74) is 6.95. The summed E-state index contributed by atoms with van der Waals surface area (Å²) in [5, 5.41) is 23.4. The molecular weight excluding hydrogens is 596 g/mol. The topological polar surface area (TPSA) is 222 Å². The molecule has 0 fully saturated rings. The fourth-order valence-corrected chi connectivity index (χ4v) is 5.79. The number of amides is 3. The van der Waals surface area contributed by atoms with Crippen LogP contribution in [-0.4, -0.2) is 86.3 Å². The van der Waals surface area contributed by atoms with Gasteiger partial charge in [-0.15, -0.1) is 0 Å². The van der Waals surface area contributed by atoms with Crippen molar-refractivity contribution >= 4 is 55.9 Å². The minimum atomic E-state index is -4.22. The van der Waals surface area contributed by atoms with Crippen molar-refractivity contribution in [1.29, 1.82) is 0 Å². The Morgan fingerprint density at radius 2 is 1.61 bits per heavy atom. The number of sulfonamides is 1. The zero-order valence-electron chi connectivity index (χ0n) is 24.1. The molecule has 0 bridgehead atoms. The predicted molar refractivity (Wildman–Crippen MR) is 160 cm³/mol. The summed E-state index contributed by atoms with van der Waals surface area (Å²) in [6, 6.07) is 12.4. The SMILES string of the molecule is C[C@@H](NS(=O)(=O)c1cccc2c(N(C)C)cccc12)C(=O)NCC(=O)N(CC(=O)O)C(=O)[C@@H](N)Cc1ccc([N+](=O)[O-])cc1. The summed E-state index contributed by atoms with van der Waals surface area (Å²) >= 11 is 0. The fraction of sp³-hybridized carbons (Fsp3) is 0.286. The van der Waals surface area contributed by atoms with Gasteiger partial charge in [-0.3, -0.25) is 34.2 Å². The van der Waals surface area contributed by atoms with Crippen LogP contribution in [0.2, 0.25) is 0 Å². The molecule has 3 rings (SSSR count). The first-order chi connectivity index (χ1) is 20.6.